The van der Waals surface area contributed by atoms with Gasteiger partial charge in [0.25, 0.3) is 0 Å². The maximum Gasteiger partial charge on any atom is 0.221 e. The van der Waals surface area contributed by atoms with E-state index in [2.05, 4.69) is 10.2 Å². The number of hydrogen-bond donors (Lipinski definition) is 1. The molecule has 2 rings (SSSR count). The molecule has 18 heavy (non-hydrogen) atoms. The molecule has 1 heterocycles. The van der Waals surface area contributed by atoms with Gasteiger partial charge in [-0.2, -0.15) is 0 Å². The van der Waals surface area contributed by atoms with Gasteiger partial charge in [0, 0.05) is 13.0 Å². The molecule has 0 bridgehead atoms. The Bertz CT molecular complexity index is 371. The van der Waals surface area contributed by atoms with E-state index >= 15 is 0 Å². The van der Waals surface area contributed by atoms with E-state index in [-0.39, 0.29) is 11.9 Å². The topological polar surface area (TPSA) is 32.3 Å². The number of likely N-dealkylation sites (tertiary alicyclic amines) is 1. The molecule has 1 aliphatic rings. The van der Waals surface area contributed by atoms with Crippen LogP contribution in [0.15, 0.2) is 30.3 Å². The van der Waals surface area contributed by atoms with Gasteiger partial charge in [-0.25, -0.2) is 0 Å². The van der Waals surface area contributed by atoms with E-state index in [1.54, 1.807) is 0 Å². The number of rotatable bonds is 5. The average molecular weight is 246 g/mol. The number of carbonyl (C=O) groups excluding carboxylic acids is 1. The van der Waals surface area contributed by atoms with Gasteiger partial charge in [0.1, 0.15) is 0 Å². The molecule has 1 aromatic rings. The predicted molar refractivity (Wildman–Crippen MR) is 73.3 cm³/mol. The highest BCUT2D eigenvalue weighted by molar-refractivity contribution is 5.76. The summed E-state index contributed by atoms with van der Waals surface area (Å²) < 4.78 is 0. The first kappa shape index (κ1) is 13.1. The molecular formula is C15H22N2O. The SMILES string of the molecule is CC(NC(=O)CCN1CCCC1)c1ccccc1. The van der Waals surface area contributed by atoms with Crippen molar-refractivity contribution in [3.05, 3.63) is 35.9 Å². The first-order valence-electron chi connectivity index (χ1n) is 6.82. The second-order valence-electron chi connectivity index (χ2n) is 5.00. The highest BCUT2D eigenvalue weighted by Gasteiger charge is 2.14. The molecule has 0 aromatic heterocycles. The molecular weight excluding hydrogens is 224 g/mol. The molecule has 0 spiro atoms. The van der Waals surface area contributed by atoms with Crippen molar-refractivity contribution in [1.82, 2.24) is 10.2 Å². The van der Waals surface area contributed by atoms with Crippen molar-refractivity contribution in [1.29, 1.82) is 0 Å². The Balaban J connectivity index is 1.73. The monoisotopic (exact) mass is 246 g/mol. The fourth-order valence-corrected chi connectivity index (χ4v) is 2.40. The summed E-state index contributed by atoms with van der Waals surface area (Å²) >= 11 is 0. The third-order valence-corrected chi connectivity index (χ3v) is 3.53. The van der Waals surface area contributed by atoms with E-state index in [0.717, 1.165) is 25.2 Å². The summed E-state index contributed by atoms with van der Waals surface area (Å²) in [6.07, 6.45) is 3.17. The van der Waals surface area contributed by atoms with E-state index in [1.807, 2.05) is 37.3 Å². The molecule has 3 heteroatoms. The van der Waals surface area contributed by atoms with Crippen LogP contribution in [0.2, 0.25) is 0 Å². The molecule has 0 saturated carbocycles. The summed E-state index contributed by atoms with van der Waals surface area (Å²) in [5.41, 5.74) is 1.16. The van der Waals surface area contributed by atoms with Crippen LogP contribution in [0.1, 0.15) is 37.8 Å². The molecule has 1 atom stereocenters. The Morgan fingerprint density at radius 1 is 1.28 bits per heavy atom. The molecule has 1 aromatic carbocycles. The zero-order valence-corrected chi connectivity index (χ0v) is 11.1. The fourth-order valence-electron chi connectivity index (χ4n) is 2.40. The Morgan fingerprint density at radius 2 is 1.94 bits per heavy atom. The third-order valence-electron chi connectivity index (χ3n) is 3.53. The minimum absolute atomic E-state index is 0.0947. The van der Waals surface area contributed by atoms with Crippen molar-refractivity contribution < 1.29 is 4.79 Å². The van der Waals surface area contributed by atoms with E-state index in [0.29, 0.717) is 6.42 Å². The Labute approximate surface area is 109 Å². The molecule has 1 fully saturated rings. The van der Waals surface area contributed by atoms with Gasteiger partial charge >= 0.3 is 0 Å². The van der Waals surface area contributed by atoms with E-state index in [9.17, 15) is 4.79 Å². The number of nitrogens with one attached hydrogen (secondary N) is 1. The van der Waals surface area contributed by atoms with Crippen molar-refractivity contribution in [2.75, 3.05) is 19.6 Å². The zero-order chi connectivity index (χ0) is 12.8. The largest absolute Gasteiger partial charge is 0.350 e. The first-order valence-corrected chi connectivity index (χ1v) is 6.82. The van der Waals surface area contributed by atoms with E-state index in [1.165, 1.54) is 12.8 Å². The van der Waals surface area contributed by atoms with Gasteiger partial charge in [-0.15, -0.1) is 0 Å². The van der Waals surface area contributed by atoms with Crippen LogP contribution in [0, 0.1) is 0 Å². The lowest BCUT2D eigenvalue weighted by molar-refractivity contribution is -0.122. The Hall–Kier alpha value is -1.35. The Kier molecular flexibility index (Phi) is 4.76. The molecule has 0 radical (unpaired) electrons. The average Bonchev–Trinajstić information content (AvgIpc) is 2.90. The number of nitrogens with zero attached hydrogens (tertiary/aromatic N) is 1. The molecule has 1 unspecified atom stereocenters. The van der Waals surface area contributed by atoms with Crippen LogP contribution in [-0.4, -0.2) is 30.4 Å². The van der Waals surface area contributed by atoms with Crippen molar-refractivity contribution in [3.8, 4) is 0 Å². The lowest BCUT2D eigenvalue weighted by Gasteiger charge is -2.17. The van der Waals surface area contributed by atoms with E-state index in [4.69, 9.17) is 0 Å². The lowest BCUT2D eigenvalue weighted by atomic mass is 10.1. The maximum atomic E-state index is 11.8. The molecule has 1 N–H and O–H groups in total. The van der Waals surface area contributed by atoms with E-state index < -0.39 is 0 Å². The molecule has 1 aliphatic heterocycles. The van der Waals surface area contributed by atoms with Gasteiger partial charge in [-0.05, 0) is 38.4 Å². The van der Waals surface area contributed by atoms with Gasteiger partial charge in [0.15, 0.2) is 0 Å². The normalized spacial score (nSPS) is 17.6. The molecule has 0 aliphatic carbocycles. The van der Waals surface area contributed by atoms with Crippen LogP contribution in [0.3, 0.4) is 0 Å². The highest BCUT2D eigenvalue weighted by Crippen LogP contribution is 2.12. The number of carbonyl (C=O) groups is 1. The van der Waals surface area contributed by atoms with Crippen LogP contribution in [0.5, 0.6) is 0 Å². The number of hydrogen-bond acceptors (Lipinski definition) is 2. The summed E-state index contributed by atoms with van der Waals surface area (Å²) in [5.74, 6) is 0.151. The minimum Gasteiger partial charge on any atom is -0.350 e. The summed E-state index contributed by atoms with van der Waals surface area (Å²) in [4.78, 5) is 14.2. The van der Waals surface area contributed by atoms with Gasteiger partial charge in [-0.1, -0.05) is 30.3 Å². The van der Waals surface area contributed by atoms with Gasteiger partial charge in [0.05, 0.1) is 6.04 Å². The summed E-state index contributed by atoms with van der Waals surface area (Å²) in [7, 11) is 0. The van der Waals surface area contributed by atoms with Crippen molar-refractivity contribution in [2.24, 2.45) is 0 Å². The van der Waals surface area contributed by atoms with Crippen LogP contribution >= 0.6 is 0 Å². The molecule has 98 valence electrons. The first-order chi connectivity index (χ1) is 8.75. The lowest BCUT2D eigenvalue weighted by Crippen LogP contribution is -2.31. The van der Waals surface area contributed by atoms with Crippen molar-refractivity contribution in [3.63, 3.8) is 0 Å². The maximum absolute atomic E-state index is 11.8. The van der Waals surface area contributed by atoms with Crippen LogP contribution in [-0.2, 0) is 4.79 Å². The number of amides is 1. The number of benzene rings is 1. The second kappa shape index (κ2) is 6.55. The summed E-state index contributed by atoms with van der Waals surface area (Å²) in [6, 6.07) is 10.2. The minimum atomic E-state index is 0.0947. The van der Waals surface area contributed by atoms with Crippen molar-refractivity contribution in [2.45, 2.75) is 32.2 Å². The second-order valence-corrected chi connectivity index (χ2v) is 5.00. The smallest absolute Gasteiger partial charge is 0.221 e. The Morgan fingerprint density at radius 3 is 2.61 bits per heavy atom. The van der Waals surface area contributed by atoms with Crippen LogP contribution < -0.4 is 5.32 Å². The van der Waals surface area contributed by atoms with Gasteiger partial charge < -0.3 is 10.2 Å². The van der Waals surface area contributed by atoms with Crippen LogP contribution in [0.4, 0.5) is 0 Å². The third kappa shape index (κ3) is 3.84. The summed E-state index contributed by atoms with van der Waals surface area (Å²) in [6.45, 7) is 5.24. The molecule has 3 nitrogen and oxygen atoms in total. The van der Waals surface area contributed by atoms with Gasteiger partial charge in [-0.3, -0.25) is 4.79 Å². The predicted octanol–water partition coefficient (Wildman–Crippen LogP) is 2.35. The van der Waals surface area contributed by atoms with Crippen molar-refractivity contribution >= 4 is 5.91 Å². The van der Waals surface area contributed by atoms with Gasteiger partial charge in [0.2, 0.25) is 5.91 Å². The standard InChI is InChI=1S/C15H22N2O/c1-13(14-7-3-2-4-8-14)16-15(18)9-12-17-10-5-6-11-17/h2-4,7-8,13H,5-6,9-12H2,1H3,(H,16,18). The fraction of sp³-hybridized carbons (Fsp3) is 0.533. The zero-order valence-electron chi connectivity index (χ0n) is 11.1. The highest BCUT2D eigenvalue weighted by atomic mass is 16.1. The molecule has 1 saturated heterocycles. The quantitative estimate of drug-likeness (QED) is 0.865. The summed E-state index contributed by atoms with van der Waals surface area (Å²) in [5, 5.41) is 3.05. The van der Waals surface area contributed by atoms with Crippen LogP contribution in [0.25, 0.3) is 0 Å². The molecule has 1 amide bonds.